The van der Waals surface area contributed by atoms with E-state index in [0.717, 1.165) is 0 Å². The van der Waals surface area contributed by atoms with Crippen LogP contribution in [0.2, 0.25) is 0 Å². The molecule has 0 aliphatic carbocycles. The number of halogens is 3. The summed E-state index contributed by atoms with van der Waals surface area (Å²) in [6, 6.07) is 0. The Morgan fingerprint density at radius 3 is 1.00 bits per heavy atom. The number of rotatable bonds is 0. The smallest absolute Gasteiger partial charge is 1.00 e. The van der Waals surface area contributed by atoms with Crippen molar-refractivity contribution >= 4 is 0 Å². The average Bonchev–Trinajstić information content (AvgIpc) is 2.07. The first-order valence-electron chi connectivity index (χ1n) is 3.75. The van der Waals surface area contributed by atoms with E-state index in [1.54, 1.807) is 0 Å². The molecule has 0 heterocycles. The third-order valence-electron chi connectivity index (χ3n) is 2.81. The van der Waals surface area contributed by atoms with Crippen molar-refractivity contribution in [1.29, 1.82) is 0 Å². The van der Waals surface area contributed by atoms with Gasteiger partial charge >= 0.3 is 17.4 Å². The fraction of sp³-hybridized carbons (Fsp3) is 0.500. The minimum atomic E-state index is 0. The first-order valence-corrected chi connectivity index (χ1v) is 3.75. The molecule has 0 N–H and O–H groups in total. The molecule has 0 aliphatic rings. The molecule has 0 saturated carbocycles. The molecule has 0 spiro atoms. The zero-order valence-corrected chi connectivity index (χ0v) is 10.3. The average molecular weight is 244 g/mol. The van der Waals surface area contributed by atoms with E-state index in [0.29, 0.717) is 0 Å². The number of hydrogen-bond donors (Lipinski definition) is 0. The predicted molar refractivity (Wildman–Crippen MR) is 45.7 cm³/mol. The van der Waals surface area contributed by atoms with E-state index in [1.165, 1.54) is 27.8 Å². The van der Waals surface area contributed by atoms with Gasteiger partial charge in [0.05, 0.1) is 0 Å². The zero-order valence-electron chi connectivity index (χ0n) is 9.04. The van der Waals surface area contributed by atoms with Gasteiger partial charge < -0.3 is 14.1 Å². The predicted octanol–water partition coefficient (Wildman–Crippen LogP) is -6.04. The molecule has 0 atom stereocenters. The molecule has 14 heavy (non-hydrogen) atoms. The first kappa shape index (κ1) is 23.5. The van der Waals surface area contributed by atoms with Gasteiger partial charge in [0.25, 0.3) is 0 Å². The quantitative estimate of drug-likeness (QED) is 0.399. The molecule has 0 aromatic heterocycles. The van der Waals surface area contributed by atoms with Crippen LogP contribution < -0.4 is 14.1 Å². The van der Waals surface area contributed by atoms with Gasteiger partial charge in [-0.25, -0.2) is 0 Å². The summed E-state index contributed by atoms with van der Waals surface area (Å²) in [6.45, 7) is 11.0. The third kappa shape index (κ3) is 3.44. The molecule has 1 aromatic carbocycles. The van der Waals surface area contributed by atoms with E-state index >= 15 is 0 Å². The topological polar surface area (TPSA) is 0 Å². The Kier molecular flexibility index (Phi) is 13.4. The van der Waals surface area contributed by atoms with Gasteiger partial charge in [-0.1, -0.05) is 34.6 Å². The molecule has 0 unspecified atom stereocenters. The van der Waals surface area contributed by atoms with Gasteiger partial charge in [-0.3, -0.25) is 0 Å². The maximum absolute atomic E-state index is 2.20. The van der Waals surface area contributed by atoms with E-state index in [9.17, 15) is 0 Å². The van der Waals surface area contributed by atoms with Crippen LogP contribution >= 0.6 is 0 Å². The van der Waals surface area contributed by atoms with Gasteiger partial charge in [0.2, 0.25) is 0 Å². The van der Waals surface area contributed by atoms with E-state index < -0.39 is 0 Å². The van der Waals surface area contributed by atoms with Crippen molar-refractivity contribution in [1.82, 2.24) is 0 Å². The third-order valence-corrected chi connectivity index (χ3v) is 2.81. The van der Waals surface area contributed by atoms with Crippen LogP contribution in [-0.4, -0.2) is 0 Å². The molecule has 4 heteroatoms. The molecule has 82 valence electrons. The van der Waals surface area contributed by atoms with Crippen LogP contribution in [0.5, 0.6) is 0 Å². The minimum Gasteiger partial charge on any atom is -1.00 e. The standard InChI is InChI=1S/C10H15.Cr.3FH/c1-6-7(2)9(4)10(5)8(6)3;;;;/h1-5H3;;3*1H/q-1;+4;;;/p-3. The molecule has 0 saturated heterocycles. The van der Waals surface area contributed by atoms with Gasteiger partial charge in [0, 0.05) is 0 Å². The van der Waals surface area contributed by atoms with Crippen LogP contribution in [0, 0.1) is 34.6 Å². The molecule has 0 nitrogen and oxygen atoms in total. The van der Waals surface area contributed by atoms with Crippen molar-refractivity contribution in [2.24, 2.45) is 0 Å². The van der Waals surface area contributed by atoms with Crippen LogP contribution in [0.15, 0.2) is 0 Å². The van der Waals surface area contributed by atoms with Gasteiger partial charge in [-0.15, -0.1) is 0 Å². The van der Waals surface area contributed by atoms with Crippen LogP contribution in [0.1, 0.15) is 27.8 Å². The Balaban J connectivity index is -0.000000125. The monoisotopic (exact) mass is 244 g/mol. The van der Waals surface area contributed by atoms with Gasteiger partial charge in [-0.2, -0.15) is 27.8 Å². The zero-order chi connectivity index (χ0) is 7.89. The summed E-state index contributed by atoms with van der Waals surface area (Å²) in [5, 5.41) is 0. The maximum atomic E-state index is 2.20. The van der Waals surface area contributed by atoms with E-state index in [2.05, 4.69) is 34.6 Å². The molecular formula is C10H15CrF3. The summed E-state index contributed by atoms with van der Waals surface area (Å²) in [7, 11) is 0. The summed E-state index contributed by atoms with van der Waals surface area (Å²) in [5.41, 5.74) is 7.34. The van der Waals surface area contributed by atoms with Crippen molar-refractivity contribution in [3.05, 3.63) is 27.8 Å². The van der Waals surface area contributed by atoms with Gasteiger partial charge in [-0.05, 0) is 0 Å². The summed E-state index contributed by atoms with van der Waals surface area (Å²) < 4.78 is 0. The second kappa shape index (κ2) is 8.02. The largest absolute Gasteiger partial charge is 4.00 e. The molecule has 1 aromatic rings. The van der Waals surface area contributed by atoms with Crippen LogP contribution in [0.25, 0.3) is 0 Å². The van der Waals surface area contributed by atoms with Crippen molar-refractivity contribution < 1.29 is 31.5 Å². The second-order valence-corrected chi connectivity index (χ2v) is 3.12. The Bertz CT molecular complexity index is 187. The fourth-order valence-corrected chi connectivity index (χ4v) is 1.41. The number of hydrogen-bond acceptors (Lipinski definition) is 0. The van der Waals surface area contributed by atoms with Crippen molar-refractivity contribution in [3.8, 4) is 0 Å². The maximum Gasteiger partial charge on any atom is 4.00 e. The minimum absolute atomic E-state index is 0. The van der Waals surface area contributed by atoms with E-state index in [4.69, 9.17) is 0 Å². The van der Waals surface area contributed by atoms with Gasteiger partial charge in [0.1, 0.15) is 0 Å². The van der Waals surface area contributed by atoms with E-state index in [-0.39, 0.29) is 31.5 Å². The molecule has 0 amide bonds. The summed E-state index contributed by atoms with van der Waals surface area (Å²) in [5.74, 6) is 0. The summed E-state index contributed by atoms with van der Waals surface area (Å²) in [4.78, 5) is 0. The molecule has 0 radical (unpaired) electrons. The molecular weight excluding hydrogens is 229 g/mol. The van der Waals surface area contributed by atoms with E-state index in [1.807, 2.05) is 0 Å². The Morgan fingerprint density at radius 2 is 0.929 bits per heavy atom. The summed E-state index contributed by atoms with van der Waals surface area (Å²) >= 11 is 0. The van der Waals surface area contributed by atoms with Crippen molar-refractivity contribution in [3.63, 3.8) is 0 Å². The molecule has 0 fully saturated rings. The van der Waals surface area contributed by atoms with Crippen LogP contribution in [-0.2, 0) is 17.4 Å². The molecule has 0 aliphatic heterocycles. The first-order chi connectivity index (χ1) is 4.55. The van der Waals surface area contributed by atoms with Crippen LogP contribution in [0.3, 0.4) is 0 Å². The Morgan fingerprint density at radius 1 is 0.714 bits per heavy atom. The molecule has 1 rings (SSSR count). The van der Waals surface area contributed by atoms with Crippen LogP contribution in [0.4, 0.5) is 0 Å². The SMILES string of the molecule is Cc1c(C)c(C)[c-](C)c1C.[Cr+4].[F-].[F-].[F-]. The Hall–Kier alpha value is -0.328. The van der Waals surface area contributed by atoms with Gasteiger partial charge in [0.15, 0.2) is 0 Å². The fourth-order valence-electron chi connectivity index (χ4n) is 1.41. The second-order valence-electron chi connectivity index (χ2n) is 3.12. The molecule has 0 bridgehead atoms. The Labute approximate surface area is 94.3 Å². The normalized spacial score (nSPS) is 7.50. The van der Waals surface area contributed by atoms with Crippen molar-refractivity contribution in [2.75, 3.05) is 0 Å². The summed E-state index contributed by atoms with van der Waals surface area (Å²) in [6.07, 6.45) is 0. The van der Waals surface area contributed by atoms with Crippen molar-refractivity contribution in [2.45, 2.75) is 34.6 Å².